The van der Waals surface area contributed by atoms with Crippen LogP contribution in [0.5, 0.6) is 0 Å². The van der Waals surface area contributed by atoms with E-state index < -0.39 is 6.29 Å². The number of rotatable bonds is 6. The summed E-state index contributed by atoms with van der Waals surface area (Å²) in [6.07, 6.45) is 8.19. The van der Waals surface area contributed by atoms with Crippen molar-refractivity contribution in [3.05, 3.63) is 84.2 Å². The van der Waals surface area contributed by atoms with Gasteiger partial charge in [-0.05, 0) is 35.9 Å². The van der Waals surface area contributed by atoms with Crippen molar-refractivity contribution in [3.8, 4) is 0 Å². The molecule has 0 aromatic carbocycles. The van der Waals surface area contributed by atoms with Gasteiger partial charge in [-0.25, -0.2) is 9.98 Å². The Hall–Kier alpha value is -3.45. The van der Waals surface area contributed by atoms with Crippen LogP contribution in [0.4, 0.5) is 5.82 Å². The van der Waals surface area contributed by atoms with Crippen LogP contribution in [0.25, 0.3) is 5.57 Å². The summed E-state index contributed by atoms with van der Waals surface area (Å²) in [6.45, 7) is 3.80. The van der Waals surface area contributed by atoms with Crippen molar-refractivity contribution in [3.63, 3.8) is 0 Å². The fraction of sp³-hybridized carbons (Fsp3) is 0.190. The van der Waals surface area contributed by atoms with Gasteiger partial charge in [0.05, 0.1) is 18.5 Å². The Morgan fingerprint density at radius 2 is 2.14 bits per heavy atom. The van der Waals surface area contributed by atoms with Crippen LogP contribution in [0.1, 0.15) is 11.1 Å². The van der Waals surface area contributed by atoms with Crippen LogP contribution in [-0.2, 0) is 4.74 Å². The molecule has 0 radical (unpaired) electrons. The molecule has 0 saturated carbocycles. The van der Waals surface area contributed by atoms with E-state index in [0.717, 1.165) is 33.9 Å². The van der Waals surface area contributed by atoms with E-state index in [-0.39, 0.29) is 0 Å². The van der Waals surface area contributed by atoms with Gasteiger partial charge in [0.15, 0.2) is 6.29 Å². The monoisotopic (exact) mass is 376 g/mol. The molecule has 144 valence electrons. The molecule has 0 bridgehead atoms. The summed E-state index contributed by atoms with van der Waals surface area (Å²) < 4.78 is 5.67. The van der Waals surface area contributed by atoms with E-state index in [1.165, 1.54) is 0 Å². The number of nitrogens with one attached hydrogen (secondary N) is 1. The summed E-state index contributed by atoms with van der Waals surface area (Å²) in [7, 11) is 5.35. The summed E-state index contributed by atoms with van der Waals surface area (Å²) >= 11 is 0. The molecule has 7 nitrogen and oxygen atoms in total. The van der Waals surface area contributed by atoms with E-state index in [1.807, 2.05) is 49.3 Å². The number of hydrogen-bond acceptors (Lipinski definition) is 7. The number of pyridine rings is 2. The minimum Gasteiger partial charge on any atom is -0.495 e. The number of nitrogens with zero attached hydrogens (tertiary/aromatic N) is 4. The number of hydrogen-bond donors (Lipinski definition) is 2. The third kappa shape index (κ3) is 3.65. The lowest BCUT2D eigenvalue weighted by Gasteiger charge is -2.35. The van der Waals surface area contributed by atoms with Crippen LogP contribution < -0.4 is 11.1 Å². The van der Waals surface area contributed by atoms with Gasteiger partial charge in [0, 0.05) is 43.8 Å². The molecule has 2 aromatic heterocycles. The number of allylic oxidation sites excluding steroid dienone is 3. The lowest BCUT2D eigenvalue weighted by atomic mass is 9.92. The first kappa shape index (κ1) is 19.3. The van der Waals surface area contributed by atoms with E-state index in [1.54, 1.807) is 31.8 Å². The van der Waals surface area contributed by atoms with E-state index >= 15 is 0 Å². The zero-order valence-corrected chi connectivity index (χ0v) is 16.3. The van der Waals surface area contributed by atoms with Gasteiger partial charge >= 0.3 is 0 Å². The molecular formula is C21H24N6O. The van der Waals surface area contributed by atoms with Crippen LogP contribution in [0.3, 0.4) is 0 Å². The second kappa shape index (κ2) is 8.49. The van der Waals surface area contributed by atoms with Crippen molar-refractivity contribution in [1.82, 2.24) is 14.9 Å². The van der Waals surface area contributed by atoms with Crippen molar-refractivity contribution < 1.29 is 4.74 Å². The van der Waals surface area contributed by atoms with Gasteiger partial charge in [0.25, 0.3) is 0 Å². The largest absolute Gasteiger partial charge is 0.495 e. The maximum atomic E-state index is 6.33. The van der Waals surface area contributed by atoms with E-state index in [4.69, 9.17) is 15.5 Å². The van der Waals surface area contributed by atoms with Crippen molar-refractivity contribution >= 4 is 17.1 Å². The number of likely N-dealkylation sites (N-methyl/N-ethyl adjacent to an activating group) is 1. The van der Waals surface area contributed by atoms with E-state index in [9.17, 15) is 0 Å². The fourth-order valence-electron chi connectivity index (χ4n) is 3.07. The molecule has 1 aliphatic rings. The smallest absolute Gasteiger partial charge is 0.174 e. The molecule has 3 heterocycles. The Balaban J connectivity index is 2.35. The zero-order valence-electron chi connectivity index (χ0n) is 16.3. The molecule has 28 heavy (non-hydrogen) atoms. The highest BCUT2D eigenvalue weighted by Crippen LogP contribution is 2.34. The van der Waals surface area contributed by atoms with Gasteiger partial charge in [-0.3, -0.25) is 10.7 Å². The molecule has 1 aliphatic heterocycles. The Bertz CT molecular complexity index is 948. The molecule has 3 N–H and O–H groups in total. The predicted molar refractivity (Wildman–Crippen MR) is 113 cm³/mol. The Labute approximate surface area is 165 Å². The Kier molecular flexibility index (Phi) is 5.86. The summed E-state index contributed by atoms with van der Waals surface area (Å²) in [4.78, 5) is 15.2. The molecule has 0 amide bonds. The minimum absolute atomic E-state index is 0.567. The average molecular weight is 376 g/mol. The third-order valence-corrected chi connectivity index (χ3v) is 4.45. The van der Waals surface area contributed by atoms with Gasteiger partial charge in [-0.15, -0.1) is 0 Å². The highest BCUT2D eigenvalue weighted by atomic mass is 16.5. The number of aliphatic imine (C=N–C) groups is 1. The Morgan fingerprint density at radius 3 is 2.79 bits per heavy atom. The first-order valence-electron chi connectivity index (χ1n) is 8.83. The second-order valence-electron chi connectivity index (χ2n) is 6.12. The standard InChI is InChI=1S/C21H24N6O/c1-5-7-16(28-4)20-18(14-9-11-25-17(12-14)23-2)19(26-21(22)27(20)3)15-8-6-10-24-13-15/h5-13,21H,1,22H2,2-4H3,(H,23,25)/b16-7-. The maximum absolute atomic E-state index is 6.33. The summed E-state index contributed by atoms with van der Waals surface area (Å²) in [5.41, 5.74) is 10.6. The SMILES string of the molecule is C=C/C=C(\OC)C1=C(c2ccnc(NC)c2)C(c2cccnc2)=NC(N)N1C. The van der Waals surface area contributed by atoms with Gasteiger partial charge < -0.3 is 15.0 Å². The lowest BCUT2D eigenvalue weighted by molar-refractivity contribution is 0.246. The quantitative estimate of drug-likeness (QED) is 0.595. The van der Waals surface area contributed by atoms with Gasteiger partial charge in [-0.1, -0.05) is 12.7 Å². The normalized spacial score (nSPS) is 17.3. The molecule has 0 saturated heterocycles. The lowest BCUT2D eigenvalue weighted by Crippen LogP contribution is -2.42. The van der Waals surface area contributed by atoms with Crippen molar-refractivity contribution in [2.75, 3.05) is 26.5 Å². The fourth-order valence-corrected chi connectivity index (χ4v) is 3.07. The molecule has 1 unspecified atom stereocenters. The van der Waals surface area contributed by atoms with E-state index in [0.29, 0.717) is 5.76 Å². The van der Waals surface area contributed by atoms with Gasteiger partial charge in [-0.2, -0.15) is 0 Å². The highest BCUT2D eigenvalue weighted by Gasteiger charge is 2.30. The number of anilines is 1. The molecule has 0 aliphatic carbocycles. The summed E-state index contributed by atoms with van der Waals surface area (Å²) in [5.74, 6) is 1.39. The molecule has 3 rings (SSSR count). The summed E-state index contributed by atoms with van der Waals surface area (Å²) in [6, 6.07) is 7.74. The highest BCUT2D eigenvalue weighted by molar-refractivity contribution is 6.33. The number of methoxy groups -OCH3 is 1. The molecule has 0 spiro atoms. The van der Waals surface area contributed by atoms with E-state index in [2.05, 4.69) is 21.9 Å². The average Bonchev–Trinajstić information content (AvgIpc) is 2.74. The third-order valence-electron chi connectivity index (χ3n) is 4.45. The van der Waals surface area contributed by atoms with Gasteiger partial charge in [0.2, 0.25) is 0 Å². The van der Waals surface area contributed by atoms with Crippen molar-refractivity contribution in [1.29, 1.82) is 0 Å². The zero-order chi connectivity index (χ0) is 20.1. The summed E-state index contributed by atoms with van der Waals surface area (Å²) in [5, 5.41) is 3.08. The van der Waals surface area contributed by atoms with Crippen LogP contribution >= 0.6 is 0 Å². The van der Waals surface area contributed by atoms with Crippen LogP contribution in [-0.4, -0.2) is 48.1 Å². The molecule has 0 fully saturated rings. The number of nitrogens with two attached hydrogens (primary N) is 1. The van der Waals surface area contributed by atoms with Crippen LogP contribution in [0.2, 0.25) is 0 Å². The molecule has 1 atom stereocenters. The van der Waals surface area contributed by atoms with Crippen molar-refractivity contribution in [2.24, 2.45) is 10.7 Å². The van der Waals surface area contributed by atoms with Gasteiger partial charge in [0.1, 0.15) is 11.6 Å². The number of aromatic nitrogens is 2. The second-order valence-corrected chi connectivity index (χ2v) is 6.12. The Morgan fingerprint density at radius 1 is 1.32 bits per heavy atom. The topological polar surface area (TPSA) is 88.7 Å². The van der Waals surface area contributed by atoms with Crippen LogP contribution in [0.15, 0.2) is 78.0 Å². The molecular weight excluding hydrogens is 352 g/mol. The first-order chi connectivity index (χ1) is 13.6. The maximum Gasteiger partial charge on any atom is 0.174 e. The van der Waals surface area contributed by atoms with Crippen molar-refractivity contribution in [2.45, 2.75) is 6.29 Å². The number of ether oxygens (including phenoxy) is 1. The molecule has 7 heteroatoms. The first-order valence-corrected chi connectivity index (χ1v) is 8.83. The molecule has 2 aromatic rings. The van der Waals surface area contributed by atoms with Crippen LogP contribution in [0, 0.1) is 0 Å². The minimum atomic E-state index is -0.567. The predicted octanol–water partition coefficient (Wildman–Crippen LogP) is 2.62.